The fraction of sp³-hybridized carbons (Fsp3) is 0.600. The van der Waals surface area contributed by atoms with Crippen molar-refractivity contribution < 1.29 is 14.3 Å². The first-order valence-electron chi connectivity index (χ1n) is 9.72. The van der Waals surface area contributed by atoms with Gasteiger partial charge in [0.15, 0.2) is 6.10 Å². The Bertz CT molecular complexity index is 626. The summed E-state index contributed by atoms with van der Waals surface area (Å²) in [4.78, 5) is 26.2. The van der Waals surface area contributed by atoms with Crippen LogP contribution in [0.5, 0.6) is 5.75 Å². The van der Waals surface area contributed by atoms with Gasteiger partial charge in [-0.2, -0.15) is 0 Å². The molecule has 142 valence electrons. The Hall–Kier alpha value is -2.08. The summed E-state index contributed by atoms with van der Waals surface area (Å²) in [5.74, 6) is 0.308. The molecule has 2 amide bonds. The van der Waals surface area contributed by atoms with Crippen LogP contribution >= 0.6 is 0 Å². The zero-order chi connectivity index (χ0) is 18.4. The molecule has 0 bridgehead atoms. The highest BCUT2D eigenvalue weighted by molar-refractivity contribution is 6.03. The highest BCUT2D eigenvalue weighted by Gasteiger charge is 2.32. The summed E-state index contributed by atoms with van der Waals surface area (Å²) in [6.07, 6.45) is 7.14. The molecule has 1 aliphatic heterocycles. The lowest BCUT2D eigenvalue weighted by Gasteiger charge is -2.32. The van der Waals surface area contributed by atoms with Crippen LogP contribution < -0.4 is 20.3 Å². The van der Waals surface area contributed by atoms with Crippen molar-refractivity contribution in [3.63, 3.8) is 0 Å². The molecule has 1 atom stereocenters. The normalized spacial score (nSPS) is 20.9. The number of ether oxygens (including phenoxy) is 1. The summed E-state index contributed by atoms with van der Waals surface area (Å²) < 4.78 is 5.60. The molecule has 1 fully saturated rings. The second-order valence-electron chi connectivity index (χ2n) is 7.14. The van der Waals surface area contributed by atoms with Gasteiger partial charge >= 0.3 is 0 Å². The van der Waals surface area contributed by atoms with E-state index in [-0.39, 0.29) is 18.4 Å². The molecule has 2 N–H and O–H groups in total. The third kappa shape index (κ3) is 4.75. The molecule has 1 aromatic rings. The number of hydrogen-bond acceptors (Lipinski definition) is 4. The van der Waals surface area contributed by atoms with E-state index in [1.54, 1.807) is 13.0 Å². The van der Waals surface area contributed by atoms with E-state index in [1.807, 2.05) is 18.2 Å². The van der Waals surface area contributed by atoms with Gasteiger partial charge in [-0.3, -0.25) is 14.5 Å². The first-order valence-corrected chi connectivity index (χ1v) is 9.72. The van der Waals surface area contributed by atoms with Crippen LogP contribution in [0.15, 0.2) is 24.3 Å². The maximum absolute atomic E-state index is 12.4. The van der Waals surface area contributed by atoms with Crippen molar-refractivity contribution >= 4 is 17.5 Å². The lowest BCUT2D eigenvalue weighted by molar-refractivity contribution is -0.128. The molecule has 1 unspecified atom stereocenters. The van der Waals surface area contributed by atoms with Gasteiger partial charge in [-0.1, -0.05) is 37.8 Å². The number of nitrogens with one attached hydrogen (secondary N) is 2. The predicted octanol–water partition coefficient (Wildman–Crippen LogP) is 2.23. The molecule has 26 heavy (non-hydrogen) atoms. The first-order chi connectivity index (χ1) is 12.6. The molecule has 0 saturated heterocycles. The van der Waals surface area contributed by atoms with E-state index in [1.165, 1.54) is 43.4 Å². The lowest BCUT2D eigenvalue weighted by Crippen LogP contribution is -2.49. The third-order valence-corrected chi connectivity index (χ3v) is 5.11. The van der Waals surface area contributed by atoms with E-state index in [4.69, 9.17) is 4.74 Å². The molecule has 0 radical (unpaired) electrons. The predicted molar refractivity (Wildman–Crippen MR) is 101 cm³/mol. The van der Waals surface area contributed by atoms with E-state index in [0.29, 0.717) is 24.0 Å². The van der Waals surface area contributed by atoms with E-state index in [0.717, 1.165) is 6.54 Å². The van der Waals surface area contributed by atoms with Gasteiger partial charge < -0.3 is 15.4 Å². The van der Waals surface area contributed by atoms with E-state index >= 15 is 0 Å². The second kappa shape index (κ2) is 9.03. The van der Waals surface area contributed by atoms with Crippen molar-refractivity contribution in [1.29, 1.82) is 0 Å². The Morgan fingerprint density at radius 1 is 1.15 bits per heavy atom. The standard InChI is InChI=1S/C20H29N3O3/c1-15-20(25)23(17-10-6-7-11-18(17)26-15)14-19(24)22-13-12-21-16-8-4-2-3-5-9-16/h6-7,10-11,15-16,21H,2-5,8-9,12-14H2,1H3,(H,22,24). The van der Waals surface area contributed by atoms with Crippen molar-refractivity contribution in [3.8, 4) is 5.75 Å². The number of carbonyl (C=O) groups is 2. The average Bonchev–Trinajstić information content (AvgIpc) is 2.91. The Balaban J connectivity index is 1.46. The second-order valence-corrected chi connectivity index (χ2v) is 7.14. The molecule has 6 nitrogen and oxygen atoms in total. The zero-order valence-corrected chi connectivity index (χ0v) is 15.5. The van der Waals surface area contributed by atoms with Gasteiger partial charge in [-0.25, -0.2) is 0 Å². The van der Waals surface area contributed by atoms with Crippen molar-refractivity contribution in [1.82, 2.24) is 10.6 Å². The number of carbonyl (C=O) groups excluding carboxylic acids is 2. The number of anilines is 1. The van der Waals surface area contributed by atoms with E-state index in [2.05, 4.69) is 10.6 Å². The van der Waals surface area contributed by atoms with E-state index in [9.17, 15) is 9.59 Å². The molecule has 2 aliphatic rings. The fourth-order valence-electron chi connectivity index (χ4n) is 3.68. The lowest BCUT2D eigenvalue weighted by atomic mass is 10.1. The molecule has 1 aromatic carbocycles. The summed E-state index contributed by atoms with van der Waals surface area (Å²) >= 11 is 0. The summed E-state index contributed by atoms with van der Waals surface area (Å²) in [5.41, 5.74) is 0.655. The number of nitrogens with zero attached hydrogens (tertiary/aromatic N) is 1. The highest BCUT2D eigenvalue weighted by Crippen LogP contribution is 2.33. The van der Waals surface area contributed by atoms with Gasteiger partial charge in [0, 0.05) is 19.1 Å². The quantitative estimate of drug-likeness (QED) is 0.604. The van der Waals surface area contributed by atoms with Crippen LogP contribution in [0.25, 0.3) is 0 Å². The van der Waals surface area contributed by atoms with Crippen LogP contribution in [-0.2, 0) is 9.59 Å². The average molecular weight is 359 g/mol. The number of fused-ring (bicyclic) bond motifs is 1. The summed E-state index contributed by atoms with van der Waals surface area (Å²) in [5, 5.41) is 6.45. The number of amides is 2. The minimum atomic E-state index is -0.574. The zero-order valence-electron chi connectivity index (χ0n) is 15.5. The van der Waals surface area contributed by atoms with Crippen LogP contribution in [0, 0.1) is 0 Å². The Morgan fingerprint density at radius 3 is 2.65 bits per heavy atom. The van der Waals surface area contributed by atoms with Gasteiger partial charge in [0.1, 0.15) is 12.3 Å². The molecular weight excluding hydrogens is 330 g/mol. The van der Waals surface area contributed by atoms with Gasteiger partial charge in [-0.15, -0.1) is 0 Å². The largest absolute Gasteiger partial charge is 0.479 e. The maximum Gasteiger partial charge on any atom is 0.268 e. The fourth-order valence-corrected chi connectivity index (χ4v) is 3.68. The molecular formula is C20H29N3O3. The number of hydrogen-bond donors (Lipinski definition) is 2. The van der Waals surface area contributed by atoms with E-state index < -0.39 is 6.10 Å². The number of benzene rings is 1. The number of para-hydroxylation sites is 2. The van der Waals surface area contributed by atoms with Gasteiger partial charge in [0.25, 0.3) is 5.91 Å². The van der Waals surface area contributed by atoms with Crippen molar-refractivity contribution in [2.24, 2.45) is 0 Å². The van der Waals surface area contributed by atoms with Crippen LogP contribution in [0.1, 0.15) is 45.4 Å². The Morgan fingerprint density at radius 2 is 1.88 bits per heavy atom. The maximum atomic E-state index is 12.4. The van der Waals surface area contributed by atoms with Crippen LogP contribution in [0.2, 0.25) is 0 Å². The Labute approximate surface area is 155 Å². The summed E-state index contributed by atoms with van der Waals surface area (Å²) in [6, 6.07) is 7.90. The minimum Gasteiger partial charge on any atom is -0.479 e. The minimum absolute atomic E-state index is 0.0208. The first kappa shape index (κ1) is 18.7. The molecule has 1 aliphatic carbocycles. The molecule has 1 saturated carbocycles. The third-order valence-electron chi connectivity index (χ3n) is 5.11. The number of rotatable bonds is 6. The Kier molecular flexibility index (Phi) is 6.50. The van der Waals surface area contributed by atoms with Crippen molar-refractivity contribution in [3.05, 3.63) is 24.3 Å². The SMILES string of the molecule is CC1Oc2ccccc2N(CC(=O)NCCNC2CCCCCC2)C1=O. The smallest absolute Gasteiger partial charge is 0.268 e. The summed E-state index contributed by atoms with van der Waals surface area (Å²) in [7, 11) is 0. The molecule has 6 heteroatoms. The highest BCUT2D eigenvalue weighted by atomic mass is 16.5. The van der Waals surface area contributed by atoms with Gasteiger partial charge in [-0.05, 0) is 31.9 Å². The van der Waals surface area contributed by atoms with Crippen LogP contribution in [-0.4, -0.2) is 43.6 Å². The molecule has 1 heterocycles. The topological polar surface area (TPSA) is 70.7 Å². The van der Waals surface area contributed by atoms with Crippen molar-refractivity contribution in [2.45, 2.75) is 57.6 Å². The van der Waals surface area contributed by atoms with Crippen LogP contribution in [0.3, 0.4) is 0 Å². The summed E-state index contributed by atoms with van der Waals surface area (Å²) in [6.45, 7) is 3.07. The molecule has 0 spiro atoms. The van der Waals surface area contributed by atoms with Crippen LogP contribution in [0.4, 0.5) is 5.69 Å². The van der Waals surface area contributed by atoms with Crippen molar-refractivity contribution in [2.75, 3.05) is 24.5 Å². The van der Waals surface area contributed by atoms with Gasteiger partial charge in [0.05, 0.1) is 5.69 Å². The monoisotopic (exact) mass is 359 g/mol. The molecule has 3 rings (SSSR count). The molecule has 0 aromatic heterocycles. The van der Waals surface area contributed by atoms with Gasteiger partial charge in [0.2, 0.25) is 5.91 Å².